The molecule has 0 saturated carbocycles. The van der Waals surface area contributed by atoms with Crippen LogP contribution in [0.5, 0.6) is 0 Å². The van der Waals surface area contributed by atoms with E-state index in [1.54, 1.807) is 24.3 Å². The highest BCUT2D eigenvalue weighted by Crippen LogP contribution is 2.23. The van der Waals surface area contributed by atoms with Crippen LogP contribution in [-0.2, 0) is 16.6 Å². The first-order valence-electron chi connectivity index (χ1n) is 6.02. The van der Waals surface area contributed by atoms with Crippen LogP contribution in [0.3, 0.4) is 0 Å². The van der Waals surface area contributed by atoms with E-state index in [-0.39, 0.29) is 16.0 Å². The number of rotatable bonds is 4. The second-order valence-corrected chi connectivity index (χ2v) is 7.37. The van der Waals surface area contributed by atoms with Crippen molar-refractivity contribution in [2.45, 2.75) is 18.4 Å². The summed E-state index contributed by atoms with van der Waals surface area (Å²) in [5, 5.41) is 9.08. The smallest absolute Gasteiger partial charge is 0.262 e. The van der Waals surface area contributed by atoms with Crippen LogP contribution >= 0.6 is 22.6 Å². The fourth-order valence-electron chi connectivity index (χ4n) is 1.81. The lowest BCUT2D eigenvalue weighted by atomic mass is 10.1. The molecule has 0 radical (unpaired) electrons. The van der Waals surface area contributed by atoms with Crippen molar-refractivity contribution in [3.05, 3.63) is 56.9 Å². The van der Waals surface area contributed by atoms with Gasteiger partial charge in [0.15, 0.2) is 0 Å². The van der Waals surface area contributed by atoms with Gasteiger partial charge in [-0.05, 0) is 71.5 Å². The Hall–Kier alpha value is -1.19. The maximum atomic E-state index is 13.7. The molecule has 2 rings (SSSR count). The van der Waals surface area contributed by atoms with Gasteiger partial charge in [0.05, 0.1) is 11.5 Å². The largest absolute Gasteiger partial charge is 0.392 e. The molecule has 4 nitrogen and oxygen atoms in total. The molecule has 0 aromatic heterocycles. The SMILES string of the molecule is Cc1c(F)cc(CO)cc1S(=O)(=O)Nc1ccc(I)cc1. The lowest BCUT2D eigenvalue weighted by Crippen LogP contribution is -2.15. The number of anilines is 1. The third-order valence-electron chi connectivity index (χ3n) is 2.92. The summed E-state index contributed by atoms with van der Waals surface area (Å²) in [6.07, 6.45) is 0. The minimum atomic E-state index is -3.92. The number of hydrogen-bond donors (Lipinski definition) is 2. The predicted octanol–water partition coefficient (Wildman–Crippen LogP) is 3.03. The fraction of sp³-hybridized carbons (Fsp3) is 0.143. The summed E-state index contributed by atoms with van der Waals surface area (Å²) < 4.78 is 41.9. The average Bonchev–Trinajstić information content (AvgIpc) is 2.43. The summed E-state index contributed by atoms with van der Waals surface area (Å²) in [5.74, 6) is -0.662. The van der Waals surface area contributed by atoms with Crippen LogP contribution < -0.4 is 4.72 Å². The molecular formula is C14H13FINO3S. The van der Waals surface area contributed by atoms with Crippen molar-refractivity contribution in [2.24, 2.45) is 0 Å². The zero-order valence-electron chi connectivity index (χ0n) is 11.1. The normalized spacial score (nSPS) is 11.4. The quantitative estimate of drug-likeness (QED) is 0.747. The Morgan fingerprint density at radius 3 is 2.43 bits per heavy atom. The van der Waals surface area contributed by atoms with Crippen molar-refractivity contribution in [3.63, 3.8) is 0 Å². The highest BCUT2D eigenvalue weighted by atomic mass is 127. The molecule has 2 aromatic rings. The minimum absolute atomic E-state index is 0.0187. The molecule has 0 heterocycles. The lowest BCUT2D eigenvalue weighted by Gasteiger charge is -2.12. The van der Waals surface area contributed by atoms with E-state index in [2.05, 4.69) is 27.3 Å². The number of halogens is 2. The third kappa shape index (κ3) is 3.72. The molecule has 2 N–H and O–H groups in total. The number of hydrogen-bond acceptors (Lipinski definition) is 3. The molecule has 0 fully saturated rings. The maximum absolute atomic E-state index is 13.7. The van der Waals surface area contributed by atoms with Crippen LogP contribution in [0.15, 0.2) is 41.3 Å². The van der Waals surface area contributed by atoms with E-state index in [0.29, 0.717) is 5.69 Å². The summed E-state index contributed by atoms with van der Waals surface area (Å²) in [6, 6.07) is 9.17. The van der Waals surface area contributed by atoms with E-state index in [4.69, 9.17) is 5.11 Å². The van der Waals surface area contributed by atoms with Gasteiger partial charge in [0, 0.05) is 14.8 Å². The summed E-state index contributed by atoms with van der Waals surface area (Å²) in [5.41, 5.74) is 0.621. The summed E-state index contributed by atoms with van der Waals surface area (Å²) in [6.45, 7) is 0.961. The van der Waals surface area contributed by atoms with Gasteiger partial charge in [0.1, 0.15) is 5.82 Å². The Morgan fingerprint density at radius 1 is 1.24 bits per heavy atom. The van der Waals surface area contributed by atoms with Crippen LogP contribution in [0.4, 0.5) is 10.1 Å². The van der Waals surface area contributed by atoms with Gasteiger partial charge in [-0.3, -0.25) is 4.72 Å². The Kier molecular flexibility index (Phi) is 4.84. The van der Waals surface area contributed by atoms with Gasteiger partial charge in [-0.15, -0.1) is 0 Å². The number of aliphatic hydroxyl groups excluding tert-OH is 1. The molecule has 0 bridgehead atoms. The van der Waals surface area contributed by atoms with Crippen molar-refractivity contribution < 1.29 is 17.9 Å². The molecule has 0 amide bonds. The first-order chi connectivity index (χ1) is 9.83. The zero-order chi connectivity index (χ0) is 15.6. The molecule has 0 unspecified atom stereocenters. The van der Waals surface area contributed by atoms with Crippen LogP contribution in [0.2, 0.25) is 0 Å². The minimum Gasteiger partial charge on any atom is -0.392 e. The number of sulfonamides is 1. The lowest BCUT2D eigenvalue weighted by molar-refractivity contribution is 0.281. The van der Waals surface area contributed by atoms with E-state index in [1.807, 2.05) is 0 Å². The molecule has 0 aliphatic rings. The topological polar surface area (TPSA) is 66.4 Å². The molecule has 0 spiro atoms. The van der Waals surface area contributed by atoms with Crippen molar-refractivity contribution in [1.29, 1.82) is 0 Å². The van der Waals surface area contributed by atoms with Gasteiger partial charge in [0.25, 0.3) is 10.0 Å². The van der Waals surface area contributed by atoms with Crippen molar-refractivity contribution >= 4 is 38.3 Å². The number of aliphatic hydroxyl groups is 1. The van der Waals surface area contributed by atoms with E-state index >= 15 is 0 Å². The molecule has 0 atom stereocenters. The standard InChI is InChI=1S/C14H13FINO3S/c1-9-13(15)6-10(8-18)7-14(9)21(19,20)17-12-4-2-11(16)3-5-12/h2-7,17-18H,8H2,1H3. The third-order valence-corrected chi connectivity index (χ3v) is 5.15. The zero-order valence-corrected chi connectivity index (χ0v) is 14.1. The van der Waals surface area contributed by atoms with E-state index < -0.39 is 22.4 Å². The highest BCUT2D eigenvalue weighted by molar-refractivity contribution is 14.1. The van der Waals surface area contributed by atoms with Crippen LogP contribution in [0.25, 0.3) is 0 Å². The average molecular weight is 421 g/mol. The fourth-order valence-corrected chi connectivity index (χ4v) is 3.53. The Balaban J connectivity index is 2.44. The predicted molar refractivity (Wildman–Crippen MR) is 87.0 cm³/mol. The van der Waals surface area contributed by atoms with Crippen molar-refractivity contribution in [1.82, 2.24) is 0 Å². The monoisotopic (exact) mass is 421 g/mol. The number of benzene rings is 2. The first kappa shape index (κ1) is 16.2. The molecule has 2 aromatic carbocycles. The van der Waals surface area contributed by atoms with Gasteiger partial charge in [-0.1, -0.05) is 0 Å². The molecule has 112 valence electrons. The Labute approximate surface area is 136 Å². The summed E-state index contributed by atoms with van der Waals surface area (Å²) in [4.78, 5) is -0.176. The van der Waals surface area contributed by atoms with Gasteiger partial charge in [-0.25, -0.2) is 12.8 Å². The number of nitrogens with one attached hydrogen (secondary N) is 1. The molecule has 0 aliphatic carbocycles. The molecule has 7 heteroatoms. The van der Waals surface area contributed by atoms with Crippen LogP contribution in [0, 0.1) is 16.3 Å². The van der Waals surface area contributed by atoms with Crippen molar-refractivity contribution in [2.75, 3.05) is 4.72 Å². The second kappa shape index (κ2) is 6.29. The van der Waals surface area contributed by atoms with Crippen molar-refractivity contribution in [3.8, 4) is 0 Å². The molecule has 0 aliphatic heterocycles. The van der Waals surface area contributed by atoms with Gasteiger partial charge in [0.2, 0.25) is 0 Å². The summed E-state index contributed by atoms with van der Waals surface area (Å²) >= 11 is 2.11. The van der Waals surface area contributed by atoms with Crippen LogP contribution in [0.1, 0.15) is 11.1 Å². The van der Waals surface area contributed by atoms with E-state index in [0.717, 1.165) is 9.64 Å². The Bertz CT molecular complexity index is 761. The maximum Gasteiger partial charge on any atom is 0.262 e. The van der Waals surface area contributed by atoms with Gasteiger partial charge in [-0.2, -0.15) is 0 Å². The molecular weight excluding hydrogens is 408 g/mol. The highest BCUT2D eigenvalue weighted by Gasteiger charge is 2.20. The van der Waals surface area contributed by atoms with Gasteiger partial charge < -0.3 is 5.11 Å². The molecule has 21 heavy (non-hydrogen) atoms. The van der Waals surface area contributed by atoms with E-state index in [1.165, 1.54) is 13.0 Å². The van der Waals surface area contributed by atoms with Gasteiger partial charge >= 0.3 is 0 Å². The second-order valence-electron chi connectivity index (χ2n) is 4.47. The van der Waals surface area contributed by atoms with E-state index in [9.17, 15) is 12.8 Å². The summed E-state index contributed by atoms with van der Waals surface area (Å²) in [7, 11) is -3.92. The molecule has 0 saturated heterocycles. The Morgan fingerprint density at radius 2 is 1.86 bits per heavy atom. The van der Waals surface area contributed by atoms with Crippen LogP contribution in [-0.4, -0.2) is 13.5 Å². The first-order valence-corrected chi connectivity index (χ1v) is 8.58.